The molecule has 0 bridgehead atoms. The molecule has 4 nitrogen and oxygen atoms in total. The monoisotopic (exact) mass is 281 g/mol. The van der Waals surface area contributed by atoms with Crippen LogP contribution in [-0.2, 0) is 11.3 Å². The fourth-order valence-electron chi connectivity index (χ4n) is 2.98. The number of anilines is 1. The Balaban J connectivity index is 1.67. The fourth-order valence-corrected chi connectivity index (χ4v) is 3.92. The van der Waals surface area contributed by atoms with Crippen LogP contribution in [0.3, 0.4) is 0 Å². The molecule has 2 heterocycles. The first-order chi connectivity index (χ1) is 9.24. The summed E-state index contributed by atoms with van der Waals surface area (Å²) in [6, 6.07) is 1.08. The van der Waals surface area contributed by atoms with Gasteiger partial charge in [-0.05, 0) is 19.3 Å². The third-order valence-corrected chi connectivity index (χ3v) is 4.99. The first kappa shape index (κ1) is 13.3. The van der Waals surface area contributed by atoms with E-state index in [1.165, 1.54) is 29.3 Å². The molecule has 106 valence electrons. The molecule has 1 aromatic rings. The van der Waals surface area contributed by atoms with Gasteiger partial charge in [-0.15, -0.1) is 11.3 Å². The van der Waals surface area contributed by atoms with Gasteiger partial charge < -0.3 is 15.0 Å². The van der Waals surface area contributed by atoms with Gasteiger partial charge in [-0.25, -0.2) is 4.98 Å². The Hall–Kier alpha value is -0.650. The summed E-state index contributed by atoms with van der Waals surface area (Å²) >= 11 is 1.83. The lowest BCUT2D eigenvalue weighted by atomic mass is 10.1. The number of rotatable bonds is 4. The molecule has 0 aromatic carbocycles. The molecule has 1 saturated carbocycles. The lowest BCUT2D eigenvalue weighted by molar-refractivity contribution is 0.0256. The first-order valence-electron chi connectivity index (χ1n) is 7.30. The number of aromatic nitrogens is 1. The number of morpholine rings is 1. The predicted octanol–water partition coefficient (Wildman–Crippen LogP) is 2.40. The van der Waals surface area contributed by atoms with Crippen LogP contribution < -0.4 is 10.2 Å². The summed E-state index contributed by atoms with van der Waals surface area (Å²) < 4.78 is 5.86. The van der Waals surface area contributed by atoms with E-state index < -0.39 is 0 Å². The minimum Gasteiger partial charge on any atom is -0.374 e. The van der Waals surface area contributed by atoms with E-state index in [9.17, 15) is 0 Å². The van der Waals surface area contributed by atoms with E-state index >= 15 is 0 Å². The average Bonchev–Trinajstić information content (AvgIpc) is 3.04. The van der Waals surface area contributed by atoms with E-state index in [4.69, 9.17) is 4.74 Å². The highest BCUT2D eigenvalue weighted by molar-refractivity contribution is 7.15. The summed E-state index contributed by atoms with van der Waals surface area (Å²) in [4.78, 5) is 8.43. The number of ether oxygens (including phenoxy) is 1. The van der Waals surface area contributed by atoms with Crippen LogP contribution in [0, 0.1) is 0 Å². The largest absolute Gasteiger partial charge is 0.374 e. The Morgan fingerprint density at radius 3 is 3.26 bits per heavy atom. The third-order valence-electron chi connectivity index (χ3n) is 3.95. The van der Waals surface area contributed by atoms with Crippen LogP contribution in [0.5, 0.6) is 0 Å². The van der Waals surface area contributed by atoms with Gasteiger partial charge in [-0.1, -0.05) is 13.8 Å². The number of thiazole rings is 1. The van der Waals surface area contributed by atoms with Crippen molar-refractivity contribution in [1.82, 2.24) is 10.3 Å². The molecule has 2 atom stereocenters. The van der Waals surface area contributed by atoms with Crippen LogP contribution in [0.2, 0.25) is 0 Å². The Morgan fingerprint density at radius 1 is 1.53 bits per heavy atom. The van der Waals surface area contributed by atoms with Crippen LogP contribution in [0.1, 0.15) is 38.0 Å². The van der Waals surface area contributed by atoms with Gasteiger partial charge in [-0.2, -0.15) is 0 Å². The van der Waals surface area contributed by atoms with E-state index in [0.717, 1.165) is 19.7 Å². The average molecular weight is 281 g/mol. The molecule has 3 rings (SSSR count). The van der Waals surface area contributed by atoms with Gasteiger partial charge in [0, 0.05) is 30.2 Å². The number of nitrogens with zero attached hydrogens (tertiary/aromatic N) is 2. The van der Waals surface area contributed by atoms with Gasteiger partial charge in [-0.3, -0.25) is 0 Å². The van der Waals surface area contributed by atoms with Crippen molar-refractivity contribution >= 4 is 16.5 Å². The Bertz CT molecular complexity index is 421. The van der Waals surface area contributed by atoms with Crippen LogP contribution in [0.15, 0.2) is 6.20 Å². The highest BCUT2D eigenvalue weighted by Gasteiger charge is 2.37. The normalized spacial score (nSPS) is 27.0. The fraction of sp³-hybridized carbons (Fsp3) is 0.786. The minimum atomic E-state index is 0.440. The zero-order chi connectivity index (χ0) is 13.2. The maximum atomic E-state index is 5.86. The van der Waals surface area contributed by atoms with Crippen molar-refractivity contribution in [2.75, 3.05) is 18.1 Å². The van der Waals surface area contributed by atoms with E-state index in [2.05, 4.69) is 29.0 Å². The molecule has 1 N–H and O–H groups in total. The van der Waals surface area contributed by atoms with Gasteiger partial charge in [0.15, 0.2) is 5.13 Å². The summed E-state index contributed by atoms with van der Waals surface area (Å²) in [5, 5.41) is 4.63. The van der Waals surface area contributed by atoms with Gasteiger partial charge in [0.05, 0.1) is 18.8 Å². The van der Waals surface area contributed by atoms with E-state index in [0.29, 0.717) is 18.2 Å². The van der Waals surface area contributed by atoms with Gasteiger partial charge >= 0.3 is 0 Å². The minimum absolute atomic E-state index is 0.440. The van der Waals surface area contributed by atoms with Crippen molar-refractivity contribution in [1.29, 1.82) is 0 Å². The number of hydrogen-bond donors (Lipinski definition) is 1. The summed E-state index contributed by atoms with van der Waals surface area (Å²) in [7, 11) is 0. The van der Waals surface area contributed by atoms with Crippen molar-refractivity contribution in [3.63, 3.8) is 0 Å². The molecule has 1 aliphatic carbocycles. The molecule has 1 saturated heterocycles. The topological polar surface area (TPSA) is 37.4 Å². The summed E-state index contributed by atoms with van der Waals surface area (Å²) in [5.41, 5.74) is 0. The number of hydrogen-bond acceptors (Lipinski definition) is 5. The molecule has 5 heteroatoms. The molecular weight excluding hydrogens is 258 g/mol. The van der Waals surface area contributed by atoms with Gasteiger partial charge in [0.25, 0.3) is 0 Å². The maximum Gasteiger partial charge on any atom is 0.185 e. The van der Waals surface area contributed by atoms with Crippen LogP contribution in [0.25, 0.3) is 0 Å². The van der Waals surface area contributed by atoms with E-state index in [-0.39, 0.29) is 0 Å². The molecule has 0 spiro atoms. The molecule has 2 fully saturated rings. The van der Waals surface area contributed by atoms with Crippen molar-refractivity contribution in [2.24, 2.45) is 0 Å². The quantitative estimate of drug-likeness (QED) is 0.919. The van der Waals surface area contributed by atoms with Crippen molar-refractivity contribution in [3.05, 3.63) is 11.1 Å². The Morgan fingerprint density at radius 2 is 2.42 bits per heavy atom. The van der Waals surface area contributed by atoms with Gasteiger partial charge in [0.1, 0.15) is 0 Å². The van der Waals surface area contributed by atoms with E-state index in [1.807, 2.05) is 17.5 Å². The summed E-state index contributed by atoms with van der Waals surface area (Å²) in [6.07, 6.45) is 6.22. The second kappa shape index (κ2) is 5.77. The molecule has 0 radical (unpaired) electrons. The zero-order valence-corrected chi connectivity index (χ0v) is 12.6. The maximum absolute atomic E-state index is 5.86. The zero-order valence-electron chi connectivity index (χ0n) is 11.8. The van der Waals surface area contributed by atoms with Crippen molar-refractivity contribution in [3.8, 4) is 0 Å². The summed E-state index contributed by atoms with van der Waals surface area (Å²) in [5.74, 6) is 0. The summed E-state index contributed by atoms with van der Waals surface area (Å²) in [6.45, 7) is 7.11. The highest BCUT2D eigenvalue weighted by Crippen LogP contribution is 2.34. The molecule has 2 aliphatic rings. The standard InChI is InChI=1S/C14H23N3OS/c1-10(2)15-8-11-9-16-14(19-11)17-6-7-18-13-5-3-4-12(13)17/h9-10,12-13,15H,3-8H2,1-2H3. The number of nitrogens with one attached hydrogen (secondary N) is 1. The molecule has 1 aliphatic heterocycles. The molecule has 19 heavy (non-hydrogen) atoms. The van der Waals surface area contributed by atoms with Gasteiger partial charge in [0.2, 0.25) is 0 Å². The van der Waals surface area contributed by atoms with Crippen LogP contribution in [0.4, 0.5) is 5.13 Å². The van der Waals surface area contributed by atoms with Crippen LogP contribution in [-0.4, -0.2) is 36.3 Å². The smallest absolute Gasteiger partial charge is 0.185 e. The lowest BCUT2D eigenvalue weighted by Gasteiger charge is -2.37. The van der Waals surface area contributed by atoms with Crippen LogP contribution >= 0.6 is 11.3 Å². The third kappa shape index (κ3) is 2.93. The molecular formula is C14H23N3OS. The number of fused-ring (bicyclic) bond motifs is 1. The van der Waals surface area contributed by atoms with Crippen molar-refractivity contribution < 1.29 is 4.74 Å². The SMILES string of the molecule is CC(C)NCc1cnc(N2CCOC3CCCC32)s1. The van der Waals surface area contributed by atoms with Crippen molar-refractivity contribution in [2.45, 2.75) is 57.8 Å². The first-order valence-corrected chi connectivity index (χ1v) is 8.12. The molecule has 1 aromatic heterocycles. The Labute approximate surface area is 119 Å². The lowest BCUT2D eigenvalue weighted by Crippen LogP contribution is -2.48. The Kier molecular flexibility index (Phi) is 4.05. The highest BCUT2D eigenvalue weighted by atomic mass is 32.1. The molecule has 0 amide bonds. The second-order valence-corrected chi connectivity index (χ2v) is 6.84. The second-order valence-electron chi connectivity index (χ2n) is 5.75. The van der Waals surface area contributed by atoms with E-state index in [1.54, 1.807) is 0 Å². The molecule has 2 unspecified atom stereocenters. The predicted molar refractivity (Wildman–Crippen MR) is 78.8 cm³/mol.